The molecular formula is C8H8ClN3O2S. The van der Waals surface area contributed by atoms with Gasteiger partial charge in [0.1, 0.15) is 5.69 Å². The van der Waals surface area contributed by atoms with Crippen molar-refractivity contribution >= 4 is 40.3 Å². The number of rotatable bonds is 2. The van der Waals surface area contributed by atoms with Crippen molar-refractivity contribution < 1.29 is 4.92 Å². The molecule has 0 aromatic heterocycles. The van der Waals surface area contributed by atoms with Crippen LogP contribution in [0.4, 0.5) is 11.4 Å². The third-order valence-corrected chi connectivity index (χ3v) is 2.04. The van der Waals surface area contributed by atoms with Crippen molar-refractivity contribution in [1.82, 2.24) is 0 Å². The zero-order valence-corrected chi connectivity index (χ0v) is 9.35. The molecule has 80 valence electrons. The summed E-state index contributed by atoms with van der Waals surface area (Å²) < 4.78 is 0. The Bertz CT molecular complexity index is 436. The molecule has 3 N–H and O–H groups in total. The average Bonchev–Trinajstić information content (AvgIpc) is 2.08. The quantitative estimate of drug-likeness (QED) is 0.474. The van der Waals surface area contributed by atoms with Crippen molar-refractivity contribution in [3.63, 3.8) is 0 Å². The van der Waals surface area contributed by atoms with Crippen molar-refractivity contribution in [3.05, 3.63) is 32.8 Å². The Labute approximate surface area is 96.4 Å². The van der Waals surface area contributed by atoms with E-state index in [-0.39, 0.29) is 16.5 Å². The standard InChI is InChI=1S/C8H8ClN3O2S/c1-4-2-5(9)3-6(12(13)14)7(4)11-8(10)15/h2-3H,1H3,(H3,10,11,15). The van der Waals surface area contributed by atoms with Gasteiger partial charge in [-0.2, -0.15) is 0 Å². The van der Waals surface area contributed by atoms with Crippen LogP contribution in [0.25, 0.3) is 0 Å². The average molecular weight is 246 g/mol. The van der Waals surface area contributed by atoms with Gasteiger partial charge in [0.05, 0.1) is 4.92 Å². The number of nitrogens with two attached hydrogens (primary N) is 1. The smallest absolute Gasteiger partial charge is 0.294 e. The first-order chi connectivity index (χ1) is 6.91. The van der Waals surface area contributed by atoms with E-state index >= 15 is 0 Å². The number of thiocarbonyl (C=S) groups is 1. The number of nitro groups is 1. The lowest BCUT2D eigenvalue weighted by Crippen LogP contribution is -2.20. The number of benzene rings is 1. The van der Waals surface area contributed by atoms with Crippen LogP contribution in [0.3, 0.4) is 0 Å². The fraction of sp³-hybridized carbons (Fsp3) is 0.125. The monoisotopic (exact) mass is 245 g/mol. The van der Waals surface area contributed by atoms with Gasteiger partial charge in [0, 0.05) is 11.1 Å². The Hall–Kier alpha value is -1.40. The van der Waals surface area contributed by atoms with Crippen LogP contribution in [0.1, 0.15) is 5.56 Å². The summed E-state index contributed by atoms with van der Waals surface area (Å²) in [7, 11) is 0. The number of halogens is 1. The first-order valence-corrected chi connectivity index (χ1v) is 4.71. The van der Waals surface area contributed by atoms with Crippen molar-refractivity contribution in [1.29, 1.82) is 0 Å². The van der Waals surface area contributed by atoms with Crippen molar-refractivity contribution in [2.24, 2.45) is 5.73 Å². The fourth-order valence-electron chi connectivity index (χ4n) is 1.16. The van der Waals surface area contributed by atoms with Gasteiger partial charge in [-0.05, 0) is 30.8 Å². The van der Waals surface area contributed by atoms with Crippen LogP contribution in [-0.4, -0.2) is 10.0 Å². The van der Waals surface area contributed by atoms with Gasteiger partial charge in [-0.3, -0.25) is 10.1 Å². The highest BCUT2D eigenvalue weighted by molar-refractivity contribution is 7.80. The predicted octanol–water partition coefficient (Wildman–Crippen LogP) is 2.21. The van der Waals surface area contributed by atoms with Crippen LogP contribution in [0, 0.1) is 17.0 Å². The topological polar surface area (TPSA) is 81.2 Å². The highest BCUT2D eigenvalue weighted by Gasteiger charge is 2.17. The van der Waals surface area contributed by atoms with Crippen LogP contribution < -0.4 is 11.1 Å². The predicted molar refractivity (Wildman–Crippen MR) is 63.3 cm³/mol. The molecule has 0 aliphatic heterocycles. The van der Waals surface area contributed by atoms with E-state index in [0.29, 0.717) is 10.6 Å². The van der Waals surface area contributed by atoms with E-state index < -0.39 is 4.92 Å². The molecule has 0 radical (unpaired) electrons. The summed E-state index contributed by atoms with van der Waals surface area (Å²) in [6.07, 6.45) is 0. The van der Waals surface area contributed by atoms with Gasteiger partial charge in [0.2, 0.25) is 0 Å². The van der Waals surface area contributed by atoms with Crippen molar-refractivity contribution in [2.45, 2.75) is 6.92 Å². The zero-order chi connectivity index (χ0) is 11.6. The summed E-state index contributed by atoms with van der Waals surface area (Å²) in [5.41, 5.74) is 6.01. The minimum Gasteiger partial charge on any atom is -0.376 e. The Balaban J connectivity index is 3.33. The van der Waals surface area contributed by atoms with E-state index in [0.717, 1.165) is 0 Å². The van der Waals surface area contributed by atoms with E-state index in [1.807, 2.05) is 0 Å². The summed E-state index contributed by atoms with van der Waals surface area (Å²) in [6, 6.07) is 2.84. The fourth-order valence-corrected chi connectivity index (χ4v) is 1.52. The summed E-state index contributed by atoms with van der Waals surface area (Å²) >= 11 is 10.3. The molecule has 0 heterocycles. The van der Waals surface area contributed by atoms with Crippen LogP contribution in [0.2, 0.25) is 5.02 Å². The van der Waals surface area contributed by atoms with Crippen LogP contribution in [0.5, 0.6) is 0 Å². The maximum Gasteiger partial charge on any atom is 0.294 e. The molecule has 0 unspecified atom stereocenters. The maximum absolute atomic E-state index is 10.7. The van der Waals surface area contributed by atoms with E-state index in [2.05, 4.69) is 17.5 Å². The molecule has 1 aromatic carbocycles. The Morgan fingerprint density at radius 3 is 2.73 bits per heavy atom. The third-order valence-electron chi connectivity index (χ3n) is 1.72. The number of hydrogen-bond acceptors (Lipinski definition) is 3. The summed E-state index contributed by atoms with van der Waals surface area (Å²) in [4.78, 5) is 10.2. The second-order valence-corrected chi connectivity index (χ2v) is 3.74. The highest BCUT2D eigenvalue weighted by Crippen LogP contribution is 2.31. The molecule has 0 spiro atoms. The van der Waals surface area contributed by atoms with E-state index in [9.17, 15) is 10.1 Å². The zero-order valence-electron chi connectivity index (χ0n) is 7.78. The SMILES string of the molecule is Cc1cc(Cl)cc([N+](=O)[O-])c1NC(N)=S. The lowest BCUT2D eigenvalue weighted by atomic mass is 10.1. The van der Waals surface area contributed by atoms with Crippen molar-refractivity contribution in [2.75, 3.05) is 5.32 Å². The van der Waals surface area contributed by atoms with E-state index in [1.54, 1.807) is 13.0 Å². The molecular weight excluding hydrogens is 238 g/mol. The van der Waals surface area contributed by atoms with Crippen LogP contribution in [-0.2, 0) is 0 Å². The molecule has 0 aliphatic rings. The molecule has 7 heteroatoms. The molecule has 0 aliphatic carbocycles. The molecule has 0 fully saturated rings. The molecule has 0 amide bonds. The van der Waals surface area contributed by atoms with Gasteiger partial charge in [0.15, 0.2) is 5.11 Å². The third kappa shape index (κ3) is 2.77. The highest BCUT2D eigenvalue weighted by atomic mass is 35.5. The normalized spacial score (nSPS) is 9.73. The molecule has 15 heavy (non-hydrogen) atoms. The maximum atomic E-state index is 10.7. The first kappa shape index (κ1) is 11.7. The van der Waals surface area contributed by atoms with Gasteiger partial charge < -0.3 is 11.1 Å². The second kappa shape index (κ2) is 4.41. The molecule has 0 saturated carbocycles. The molecule has 5 nitrogen and oxygen atoms in total. The van der Waals surface area contributed by atoms with Crippen LogP contribution >= 0.6 is 23.8 Å². The molecule has 0 saturated heterocycles. The lowest BCUT2D eigenvalue weighted by molar-refractivity contribution is -0.383. The number of nitrogens with zero attached hydrogens (tertiary/aromatic N) is 1. The summed E-state index contributed by atoms with van der Waals surface area (Å²) in [6.45, 7) is 1.68. The number of aryl methyl sites for hydroxylation is 1. The Kier molecular flexibility index (Phi) is 3.43. The van der Waals surface area contributed by atoms with Gasteiger partial charge in [-0.25, -0.2) is 0 Å². The van der Waals surface area contributed by atoms with Crippen molar-refractivity contribution in [3.8, 4) is 0 Å². The number of nitrogens with one attached hydrogen (secondary N) is 1. The van der Waals surface area contributed by atoms with Crippen LogP contribution in [0.15, 0.2) is 12.1 Å². The summed E-state index contributed by atoms with van der Waals surface area (Å²) in [5, 5.41) is 13.6. The number of anilines is 1. The number of hydrogen-bond donors (Lipinski definition) is 2. The molecule has 1 rings (SSSR count). The molecule has 0 bridgehead atoms. The van der Waals surface area contributed by atoms with Gasteiger partial charge in [-0.15, -0.1) is 0 Å². The first-order valence-electron chi connectivity index (χ1n) is 3.93. The lowest BCUT2D eigenvalue weighted by Gasteiger charge is -2.08. The Morgan fingerprint density at radius 2 is 2.27 bits per heavy atom. The second-order valence-electron chi connectivity index (χ2n) is 2.86. The minimum absolute atomic E-state index is 0.0245. The summed E-state index contributed by atoms with van der Waals surface area (Å²) in [5.74, 6) is 0. The molecule has 0 atom stereocenters. The molecule has 1 aromatic rings. The van der Waals surface area contributed by atoms with Gasteiger partial charge >= 0.3 is 0 Å². The number of nitro benzene ring substituents is 1. The van der Waals surface area contributed by atoms with E-state index in [1.165, 1.54) is 6.07 Å². The van der Waals surface area contributed by atoms with E-state index in [4.69, 9.17) is 17.3 Å². The minimum atomic E-state index is -0.542. The largest absolute Gasteiger partial charge is 0.376 e. The Morgan fingerprint density at radius 1 is 1.67 bits per heavy atom. The van der Waals surface area contributed by atoms with Gasteiger partial charge in [0.25, 0.3) is 5.69 Å². The van der Waals surface area contributed by atoms with Gasteiger partial charge in [-0.1, -0.05) is 11.6 Å².